The van der Waals surface area contributed by atoms with Gasteiger partial charge in [0.1, 0.15) is 0 Å². The number of nitrogens with zero attached hydrogens (tertiary/aromatic N) is 1. The summed E-state index contributed by atoms with van der Waals surface area (Å²) in [7, 11) is 0. The Bertz CT molecular complexity index is 225. The summed E-state index contributed by atoms with van der Waals surface area (Å²) < 4.78 is 0. The molecule has 0 saturated carbocycles. The van der Waals surface area contributed by atoms with Gasteiger partial charge in [0.25, 0.3) is 0 Å². The second-order valence-electron chi connectivity index (χ2n) is 5.52. The van der Waals surface area contributed by atoms with Crippen LogP contribution >= 0.6 is 0 Å². The van der Waals surface area contributed by atoms with E-state index in [1.165, 1.54) is 12.8 Å². The molecule has 0 aromatic carbocycles. The van der Waals surface area contributed by atoms with Crippen molar-refractivity contribution in [2.75, 3.05) is 19.6 Å². The van der Waals surface area contributed by atoms with Crippen molar-refractivity contribution >= 4 is 5.91 Å². The van der Waals surface area contributed by atoms with Crippen LogP contribution in [-0.2, 0) is 4.79 Å². The molecule has 0 saturated heterocycles. The third kappa shape index (κ3) is 7.56. The van der Waals surface area contributed by atoms with Crippen LogP contribution in [0.1, 0.15) is 66.7 Å². The lowest BCUT2D eigenvalue weighted by molar-refractivity contribution is -0.125. The molecule has 19 heavy (non-hydrogen) atoms. The maximum Gasteiger partial charge on any atom is 0.223 e. The average molecular weight is 270 g/mol. The molecule has 0 bridgehead atoms. The fourth-order valence-electron chi connectivity index (χ4n) is 2.52. The van der Waals surface area contributed by atoms with E-state index in [4.69, 9.17) is 0 Å². The number of nitrogens with one attached hydrogen (secondary N) is 1. The van der Waals surface area contributed by atoms with E-state index < -0.39 is 0 Å². The molecule has 0 heterocycles. The summed E-state index contributed by atoms with van der Waals surface area (Å²) in [6.45, 7) is 13.9. The first kappa shape index (κ1) is 18.4. The largest absolute Gasteiger partial charge is 0.354 e. The van der Waals surface area contributed by atoms with Gasteiger partial charge in [-0.2, -0.15) is 0 Å². The van der Waals surface area contributed by atoms with E-state index in [2.05, 4.69) is 44.8 Å². The van der Waals surface area contributed by atoms with E-state index >= 15 is 0 Å². The number of carbonyl (C=O) groups excluding carboxylic acids is 1. The molecule has 3 heteroatoms. The summed E-state index contributed by atoms with van der Waals surface area (Å²) in [6.07, 6.45) is 5.38. The monoisotopic (exact) mass is 270 g/mol. The van der Waals surface area contributed by atoms with Gasteiger partial charge < -0.3 is 5.32 Å². The van der Waals surface area contributed by atoms with Crippen LogP contribution in [-0.4, -0.2) is 36.5 Å². The van der Waals surface area contributed by atoms with Crippen molar-refractivity contribution in [1.29, 1.82) is 0 Å². The van der Waals surface area contributed by atoms with E-state index in [9.17, 15) is 4.79 Å². The summed E-state index contributed by atoms with van der Waals surface area (Å²) in [5.74, 6) is 0.437. The van der Waals surface area contributed by atoms with Crippen LogP contribution in [0.4, 0.5) is 0 Å². The predicted molar refractivity (Wildman–Crippen MR) is 83.3 cm³/mol. The van der Waals surface area contributed by atoms with Crippen molar-refractivity contribution in [3.63, 3.8) is 0 Å². The molecule has 0 fully saturated rings. The molecular weight excluding hydrogens is 236 g/mol. The molecular formula is C16H34N2O. The Kier molecular flexibility index (Phi) is 10.9. The van der Waals surface area contributed by atoms with Crippen molar-refractivity contribution in [2.24, 2.45) is 5.92 Å². The first-order valence-electron chi connectivity index (χ1n) is 8.12. The van der Waals surface area contributed by atoms with Gasteiger partial charge in [0.05, 0.1) is 0 Å². The highest BCUT2D eigenvalue weighted by atomic mass is 16.1. The van der Waals surface area contributed by atoms with E-state index in [0.717, 1.165) is 38.9 Å². The van der Waals surface area contributed by atoms with Gasteiger partial charge in [-0.3, -0.25) is 9.69 Å². The molecule has 0 aromatic heterocycles. The van der Waals surface area contributed by atoms with Gasteiger partial charge in [-0.25, -0.2) is 0 Å². The van der Waals surface area contributed by atoms with Gasteiger partial charge in [-0.05, 0) is 45.7 Å². The normalized spacial score (nSPS) is 14.4. The molecule has 0 aliphatic carbocycles. The van der Waals surface area contributed by atoms with Crippen molar-refractivity contribution in [2.45, 2.75) is 72.8 Å². The number of amides is 1. The zero-order valence-corrected chi connectivity index (χ0v) is 13.7. The van der Waals surface area contributed by atoms with Crippen molar-refractivity contribution < 1.29 is 4.79 Å². The summed E-state index contributed by atoms with van der Waals surface area (Å²) in [5.41, 5.74) is 0. The van der Waals surface area contributed by atoms with Crippen molar-refractivity contribution in [3.05, 3.63) is 0 Å². The maximum absolute atomic E-state index is 12.1. The van der Waals surface area contributed by atoms with Crippen LogP contribution in [0.15, 0.2) is 0 Å². The molecule has 3 nitrogen and oxygen atoms in total. The van der Waals surface area contributed by atoms with Crippen LogP contribution in [0.25, 0.3) is 0 Å². The van der Waals surface area contributed by atoms with Gasteiger partial charge in [0.15, 0.2) is 0 Å². The molecule has 1 N–H and O–H groups in total. The van der Waals surface area contributed by atoms with E-state index in [1.54, 1.807) is 0 Å². The van der Waals surface area contributed by atoms with Gasteiger partial charge in [-0.15, -0.1) is 0 Å². The SMILES string of the molecule is CCCC(CC)C(=O)NCC(C)N(CCC)CCC. The van der Waals surface area contributed by atoms with Crippen molar-refractivity contribution in [3.8, 4) is 0 Å². The fourth-order valence-corrected chi connectivity index (χ4v) is 2.52. The fraction of sp³-hybridized carbons (Fsp3) is 0.938. The Balaban J connectivity index is 4.16. The summed E-state index contributed by atoms with van der Waals surface area (Å²) in [6, 6.07) is 0.433. The second-order valence-corrected chi connectivity index (χ2v) is 5.52. The zero-order chi connectivity index (χ0) is 14.7. The lowest BCUT2D eigenvalue weighted by atomic mass is 10.00. The molecule has 0 spiro atoms. The Morgan fingerprint density at radius 3 is 2.05 bits per heavy atom. The molecule has 1 amide bonds. The topological polar surface area (TPSA) is 32.3 Å². The average Bonchev–Trinajstić information content (AvgIpc) is 2.41. The summed E-state index contributed by atoms with van der Waals surface area (Å²) >= 11 is 0. The standard InChI is InChI=1S/C16H34N2O/c1-6-10-15(9-4)16(19)17-13-14(5)18(11-7-2)12-8-3/h14-15H,6-13H2,1-5H3,(H,17,19). The smallest absolute Gasteiger partial charge is 0.223 e. The Labute approximate surface area is 120 Å². The molecule has 2 atom stereocenters. The lowest BCUT2D eigenvalue weighted by Crippen LogP contribution is -2.44. The number of hydrogen-bond acceptors (Lipinski definition) is 2. The van der Waals surface area contributed by atoms with Gasteiger partial charge in [0.2, 0.25) is 5.91 Å². The third-order valence-corrected chi connectivity index (χ3v) is 3.72. The predicted octanol–water partition coefficient (Wildman–Crippen LogP) is 3.44. The van der Waals surface area contributed by atoms with E-state index in [1.807, 2.05) is 0 Å². The molecule has 0 aliphatic rings. The zero-order valence-electron chi connectivity index (χ0n) is 13.7. The Hall–Kier alpha value is -0.570. The Morgan fingerprint density at radius 1 is 1.05 bits per heavy atom. The van der Waals surface area contributed by atoms with Crippen LogP contribution in [0.3, 0.4) is 0 Å². The van der Waals surface area contributed by atoms with Gasteiger partial charge in [0, 0.05) is 18.5 Å². The quantitative estimate of drug-likeness (QED) is 0.624. The molecule has 2 unspecified atom stereocenters. The van der Waals surface area contributed by atoms with Crippen LogP contribution < -0.4 is 5.32 Å². The first-order chi connectivity index (χ1) is 9.10. The minimum atomic E-state index is 0.197. The lowest BCUT2D eigenvalue weighted by Gasteiger charge is -2.29. The Morgan fingerprint density at radius 2 is 1.63 bits per heavy atom. The van der Waals surface area contributed by atoms with Crippen LogP contribution in [0.2, 0.25) is 0 Å². The summed E-state index contributed by atoms with van der Waals surface area (Å²) in [4.78, 5) is 14.6. The highest BCUT2D eigenvalue weighted by molar-refractivity contribution is 5.78. The van der Waals surface area contributed by atoms with Crippen LogP contribution in [0, 0.1) is 5.92 Å². The molecule has 0 aliphatic heterocycles. The van der Waals surface area contributed by atoms with Gasteiger partial charge in [-0.1, -0.05) is 34.1 Å². The van der Waals surface area contributed by atoms with Gasteiger partial charge >= 0.3 is 0 Å². The molecule has 0 radical (unpaired) electrons. The molecule has 114 valence electrons. The minimum absolute atomic E-state index is 0.197. The summed E-state index contributed by atoms with van der Waals surface area (Å²) in [5, 5.41) is 3.13. The third-order valence-electron chi connectivity index (χ3n) is 3.72. The first-order valence-corrected chi connectivity index (χ1v) is 8.12. The van der Waals surface area contributed by atoms with E-state index in [0.29, 0.717) is 6.04 Å². The second kappa shape index (κ2) is 11.3. The number of rotatable bonds is 11. The van der Waals surface area contributed by atoms with Crippen LogP contribution in [0.5, 0.6) is 0 Å². The highest BCUT2D eigenvalue weighted by Gasteiger charge is 2.17. The number of carbonyl (C=O) groups is 1. The molecule has 0 rings (SSSR count). The maximum atomic E-state index is 12.1. The number of hydrogen-bond donors (Lipinski definition) is 1. The van der Waals surface area contributed by atoms with Crippen molar-refractivity contribution in [1.82, 2.24) is 10.2 Å². The minimum Gasteiger partial charge on any atom is -0.354 e. The highest BCUT2D eigenvalue weighted by Crippen LogP contribution is 2.10. The molecule has 0 aromatic rings. The van der Waals surface area contributed by atoms with E-state index in [-0.39, 0.29) is 11.8 Å².